The number of para-hydroxylation sites is 2. The molecule has 6 heteroatoms. The fraction of sp³-hybridized carbons (Fsp3) is 0.0909. The van der Waals surface area contributed by atoms with Crippen LogP contribution in [0.25, 0.3) is 88.7 Å². The average molecular weight is 802 g/mol. The topological polar surface area (TPSA) is 47.1 Å². The van der Waals surface area contributed by atoms with Gasteiger partial charge in [-0.1, -0.05) is 115 Å². The number of aliphatic imine (C=N–C) groups is 1. The summed E-state index contributed by atoms with van der Waals surface area (Å²) in [7, 11) is 0. The van der Waals surface area contributed by atoms with Gasteiger partial charge >= 0.3 is 0 Å². The molecule has 61 heavy (non-hydrogen) atoms. The fourth-order valence-electron chi connectivity index (χ4n) is 10.1. The third kappa shape index (κ3) is 5.38. The van der Waals surface area contributed by atoms with E-state index in [1.165, 1.54) is 81.1 Å². The molecule has 0 spiro atoms. The van der Waals surface area contributed by atoms with Gasteiger partial charge in [0.2, 0.25) is 0 Å². The van der Waals surface area contributed by atoms with Gasteiger partial charge in [-0.15, -0.1) is 11.3 Å². The molecule has 0 saturated carbocycles. The predicted octanol–water partition coefficient (Wildman–Crippen LogP) is 13.7. The molecule has 1 N–H and O–H groups in total. The van der Waals surface area contributed by atoms with Crippen LogP contribution in [0.1, 0.15) is 46.1 Å². The highest BCUT2D eigenvalue weighted by Gasteiger charge is 2.33. The van der Waals surface area contributed by atoms with Crippen molar-refractivity contribution in [2.75, 3.05) is 0 Å². The zero-order valence-electron chi connectivity index (χ0n) is 33.3. The third-order valence-electron chi connectivity index (χ3n) is 12.9. The van der Waals surface area contributed by atoms with E-state index in [9.17, 15) is 0 Å². The quantitative estimate of drug-likeness (QED) is 0.188. The number of allylic oxidation sites excluding steroid dienone is 8. The zero-order chi connectivity index (χ0) is 40.0. The molecule has 0 fully saturated rings. The van der Waals surface area contributed by atoms with Crippen LogP contribution < -0.4 is 5.32 Å². The second kappa shape index (κ2) is 13.6. The smallest absolute Gasteiger partial charge is 0.147 e. The molecule has 5 aromatic carbocycles. The van der Waals surface area contributed by atoms with Crippen LogP contribution >= 0.6 is 11.3 Å². The lowest BCUT2D eigenvalue weighted by molar-refractivity contribution is 0.872. The fourth-order valence-corrected chi connectivity index (χ4v) is 11.4. The Hall–Kier alpha value is -7.28. The number of nitrogens with one attached hydrogen (secondary N) is 1. The van der Waals surface area contributed by atoms with E-state index in [1.54, 1.807) is 0 Å². The van der Waals surface area contributed by atoms with Crippen molar-refractivity contribution in [1.82, 2.24) is 19.4 Å². The molecule has 2 unspecified atom stereocenters. The van der Waals surface area contributed by atoms with E-state index in [-0.39, 0.29) is 6.04 Å². The number of hydrogen-bond donors (Lipinski definition) is 1. The van der Waals surface area contributed by atoms with Gasteiger partial charge in [-0.2, -0.15) is 0 Å². The second-order valence-corrected chi connectivity index (χ2v) is 17.5. The van der Waals surface area contributed by atoms with Crippen molar-refractivity contribution in [1.29, 1.82) is 0 Å². The van der Waals surface area contributed by atoms with Crippen LogP contribution in [0.2, 0.25) is 0 Å². The highest BCUT2D eigenvalue weighted by Crippen LogP contribution is 2.47. The van der Waals surface area contributed by atoms with E-state index in [0.717, 1.165) is 47.5 Å². The monoisotopic (exact) mass is 801 g/mol. The van der Waals surface area contributed by atoms with Crippen LogP contribution in [0.15, 0.2) is 181 Å². The van der Waals surface area contributed by atoms with Crippen molar-refractivity contribution in [3.8, 4) is 11.1 Å². The highest BCUT2D eigenvalue weighted by molar-refractivity contribution is 7.13. The molecule has 0 radical (unpaired) electrons. The van der Waals surface area contributed by atoms with Crippen molar-refractivity contribution < 1.29 is 0 Å². The van der Waals surface area contributed by atoms with Crippen LogP contribution in [0.5, 0.6) is 0 Å². The maximum atomic E-state index is 5.64. The summed E-state index contributed by atoms with van der Waals surface area (Å²) in [4.78, 5) is 12.7. The van der Waals surface area contributed by atoms with E-state index < -0.39 is 0 Å². The van der Waals surface area contributed by atoms with E-state index in [0.29, 0.717) is 5.92 Å². The molecular formula is C55H39N5S. The number of fused-ring (bicyclic) bond motifs is 10. The number of aromatic nitrogens is 3. The third-order valence-corrected chi connectivity index (χ3v) is 14.3. The van der Waals surface area contributed by atoms with E-state index >= 15 is 0 Å². The van der Waals surface area contributed by atoms with Gasteiger partial charge in [0, 0.05) is 72.0 Å². The Morgan fingerprint density at radius 3 is 2.34 bits per heavy atom. The van der Waals surface area contributed by atoms with Gasteiger partial charge in [-0.3, -0.25) is 9.55 Å². The summed E-state index contributed by atoms with van der Waals surface area (Å²) >= 11 is 1.92. The van der Waals surface area contributed by atoms with Crippen LogP contribution in [-0.4, -0.2) is 26.0 Å². The van der Waals surface area contributed by atoms with Crippen molar-refractivity contribution in [3.63, 3.8) is 0 Å². The van der Waals surface area contributed by atoms with Crippen molar-refractivity contribution in [2.45, 2.75) is 31.2 Å². The van der Waals surface area contributed by atoms with Crippen molar-refractivity contribution in [3.05, 3.63) is 197 Å². The normalized spacial score (nSPS) is 18.3. The second-order valence-electron chi connectivity index (χ2n) is 16.5. The molecule has 0 amide bonds. The Balaban J connectivity index is 1.10. The van der Waals surface area contributed by atoms with Crippen LogP contribution in [0, 0.1) is 0 Å². The molecule has 0 saturated heterocycles. The maximum absolute atomic E-state index is 5.64. The van der Waals surface area contributed by atoms with E-state index in [2.05, 4.69) is 177 Å². The highest BCUT2D eigenvalue weighted by atomic mass is 32.1. The summed E-state index contributed by atoms with van der Waals surface area (Å²) in [6, 6.07) is 42.7. The van der Waals surface area contributed by atoms with Crippen molar-refractivity contribution in [2.24, 2.45) is 4.99 Å². The molecular weight excluding hydrogens is 763 g/mol. The summed E-state index contributed by atoms with van der Waals surface area (Å²) in [6.07, 6.45) is 27.4. The average Bonchev–Trinajstić information content (AvgIpc) is 4.01. The van der Waals surface area contributed by atoms with Gasteiger partial charge in [-0.05, 0) is 95.8 Å². The van der Waals surface area contributed by atoms with Crippen LogP contribution in [0.3, 0.4) is 0 Å². The van der Waals surface area contributed by atoms with Gasteiger partial charge < -0.3 is 9.88 Å². The zero-order valence-corrected chi connectivity index (χ0v) is 34.1. The van der Waals surface area contributed by atoms with E-state index in [1.807, 2.05) is 35.9 Å². The molecule has 4 aromatic heterocycles. The number of amidine groups is 1. The molecule has 2 atom stereocenters. The molecule has 5 nitrogen and oxygen atoms in total. The molecule has 13 rings (SSSR count). The summed E-state index contributed by atoms with van der Waals surface area (Å²) in [5, 5.41) is 11.2. The molecule has 1 aliphatic heterocycles. The first-order valence-corrected chi connectivity index (χ1v) is 22.1. The molecule has 5 heterocycles. The first-order chi connectivity index (χ1) is 30.2. The summed E-state index contributed by atoms with van der Waals surface area (Å²) < 4.78 is 4.93. The Labute approximate surface area is 357 Å². The van der Waals surface area contributed by atoms with Gasteiger partial charge in [-0.25, -0.2) is 4.99 Å². The number of rotatable bonds is 5. The summed E-state index contributed by atoms with van der Waals surface area (Å²) in [5.41, 5.74) is 11.9. The maximum Gasteiger partial charge on any atom is 0.147 e. The molecule has 0 bridgehead atoms. The lowest BCUT2D eigenvalue weighted by Crippen LogP contribution is -2.39. The first-order valence-electron chi connectivity index (χ1n) is 21.3. The van der Waals surface area contributed by atoms with Gasteiger partial charge in [0.1, 0.15) is 11.7 Å². The largest absolute Gasteiger partial charge is 0.359 e. The molecule has 290 valence electrons. The Bertz CT molecular complexity index is 3540. The van der Waals surface area contributed by atoms with Crippen LogP contribution in [0.4, 0.5) is 0 Å². The minimum absolute atomic E-state index is 0.0636. The Morgan fingerprint density at radius 2 is 1.48 bits per heavy atom. The Kier molecular flexibility index (Phi) is 7.72. The Morgan fingerprint density at radius 1 is 0.639 bits per heavy atom. The number of benzene rings is 5. The van der Waals surface area contributed by atoms with Crippen LogP contribution in [-0.2, 0) is 0 Å². The summed E-state index contributed by atoms with van der Waals surface area (Å²) in [5.74, 6) is 2.17. The minimum atomic E-state index is -0.0636. The molecule has 4 aliphatic rings. The van der Waals surface area contributed by atoms with Crippen molar-refractivity contribution >= 4 is 94.7 Å². The lowest BCUT2D eigenvalue weighted by Gasteiger charge is -2.30. The predicted molar refractivity (Wildman–Crippen MR) is 258 cm³/mol. The van der Waals surface area contributed by atoms with Gasteiger partial charge in [0.05, 0.1) is 28.1 Å². The number of pyridine rings is 1. The van der Waals surface area contributed by atoms with Gasteiger partial charge in [0.15, 0.2) is 0 Å². The lowest BCUT2D eigenvalue weighted by atomic mass is 9.92. The number of thiophene rings is 1. The SMILES string of the molecule is C1=CCC(c2cc3c(s2)C2=C(n4c5ccc(-c6cccc7c8ccccc8n(C8=CCCC=C8)c67)cc5c5cc6ccccc6cc54)N=C(c4ccncc4)NC2C=C3)C=C1. The number of nitrogens with zero attached hydrogens (tertiary/aromatic N) is 4. The number of hydrogen-bond acceptors (Lipinski definition) is 4. The molecule has 9 aromatic rings. The summed E-state index contributed by atoms with van der Waals surface area (Å²) in [6.45, 7) is 0. The van der Waals surface area contributed by atoms with Gasteiger partial charge in [0.25, 0.3) is 0 Å². The standard InChI is InChI=1S/C55H39N5S/c1-3-12-34(13-4-1)50-33-39-22-24-46-51(53(39)61-50)55(58-54(57-46)35-26-28-56-29-27-35)60-48-25-23-38(31-44(48)45-30-36-14-7-8-15-37(36)32-49(45)60)41-19-11-20-43-42-18-9-10-21-47(42)59(52(41)43)40-16-5-2-6-17-40/h1,3-5,7-12,14-34,46H,2,6,13H2,(H,57,58). The van der Waals surface area contributed by atoms with E-state index in [4.69, 9.17) is 4.99 Å². The molecule has 3 aliphatic carbocycles. The first kappa shape index (κ1) is 34.6. The minimum Gasteiger partial charge on any atom is -0.359 e.